The molecule has 4 heteroatoms. The second kappa shape index (κ2) is 12.6. The molecule has 2 unspecified atom stereocenters. The Hall–Kier alpha value is -0.160. The summed E-state index contributed by atoms with van der Waals surface area (Å²) in [6, 6.07) is 0.704. The van der Waals surface area contributed by atoms with Crippen LogP contribution in [0.5, 0.6) is 0 Å². The van der Waals surface area contributed by atoms with E-state index in [2.05, 4.69) is 19.2 Å². The molecule has 20 heavy (non-hydrogen) atoms. The number of hydrogen-bond donors (Lipinski definition) is 1. The number of nitrogens with one attached hydrogen (secondary N) is 1. The van der Waals surface area contributed by atoms with Crippen molar-refractivity contribution in [3.05, 3.63) is 0 Å². The Morgan fingerprint density at radius 2 is 1.55 bits per heavy atom. The third kappa shape index (κ3) is 8.90. The third-order valence-electron chi connectivity index (χ3n) is 3.90. The van der Waals surface area contributed by atoms with Gasteiger partial charge >= 0.3 is 0 Å². The molecule has 0 aromatic carbocycles. The molecule has 0 bridgehead atoms. The van der Waals surface area contributed by atoms with Crippen molar-refractivity contribution in [3.8, 4) is 0 Å². The minimum atomic E-state index is 0.664. The van der Waals surface area contributed by atoms with E-state index in [1.54, 1.807) is 0 Å². The van der Waals surface area contributed by atoms with Crippen LogP contribution >= 0.6 is 0 Å². The predicted octanol–water partition coefficient (Wildman–Crippen LogP) is 2.61. The molecule has 0 saturated heterocycles. The first kappa shape index (κ1) is 17.9. The average molecular weight is 287 g/mol. The Balaban J connectivity index is 1.72. The summed E-state index contributed by atoms with van der Waals surface area (Å²) in [5, 5.41) is 3.58. The van der Waals surface area contributed by atoms with Gasteiger partial charge in [-0.1, -0.05) is 26.7 Å². The second-order valence-electron chi connectivity index (χ2n) is 5.66. The molecule has 0 aromatic heterocycles. The molecule has 0 spiro atoms. The molecule has 2 atom stereocenters. The first-order valence-corrected chi connectivity index (χ1v) is 8.31. The molecule has 4 nitrogen and oxygen atoms in total. The molecule has 0 amide bonds. The van der Waals surface area contributed by atoms with Crippen LogP contribution in [0.1, 0.15) is 46.0 Å². The van der Waals surface area contributed by atoms with E-state index in [4.69, 9.17) is 14.2 Å². The fourth-order valence-electron chi connectivity index (χ4n) is 2.55. The number of ether oxygens (including phenoxy) is 3. The summed E-state index contributed by atoms with van der Waals surface area (Å²) in [4.78, 5) is 0. The minimum absolute atomic E-state index is 0.664. The van der Waals surface area contributed by atoms with Crippen molar-refractivity contribution < 1.29 is 14.2 Å². The van der Waals surface area contributed by atoms with Crippen molar-refractivity contribution in [1.82, 2.24) is 5.32 Å². The Bertz CT molecular complexity index is 214. The normalized spacial score (nSPS) is 22.5. The van der Waals surface area contributed by atoms with Crippen LogP contribution in [0.3, 0.4) is 0 Å². The lowest BCUT2D eigenvalue weighted by molar-refractivity contribution is 0.0143. The van der Waals surface area contributed by atoms with Gasteiger partial charge in [-0.05, 0) is 25.2 Å². The van der Waals surface area contributed by atoms with Gasteiger partial charge in [0.1, 0.15) is 0 Å². The fraction of sp³-hybridized carbons (Fsp3) is 1.00. The van der Waals surface area contributed by atoms with Crippen molar-refractivity contribution >= 4 is 0 Å². The molecule has 120 valence electrons. The molecule has 1 saturated carbocycles. The van der Waals surface area contributed by atoms with Crippen LogP contribution in [-0.2, 0) is 14.2 Å². The van der Waals surface area contributed by atoms with Crippen LogP contribution in [0.25, 0.3) is 0 Å². The van der Waals surface area contributed by atoms with Gasteiger partial charge in [-0.3, -0.25) is 0 Å². The molecular weight excluding hydrogens is 254 g/mol. The van der Waals surface area contributed by atoms with E-state index in [1.165, 1.54) is 25.7 Å². The fourth-order valence-corrected chi connectivity index (χ4v) is 2.55. The highest BCUT2D eigenvalue weighted by molar-refractivity contribution is 4.79. The van der Waals surface area contributed by atoms with Crippen molar-refractivity contribution in [2.45, 2.75) is 52.0 Å². The smallest absolute Gasteiger partial charge is 0.0701 e. The number of rotatable bonds is 13. The van der Waals surface area contributed by atoms with E-state index in [0.717, 1.165) is 32.1 Å². The van der Waals surface area contributed by atoms with Gasteiger partial charge in [-0.2, -0.15) is 0 Å². The lowest BCUT2D eigenvalue weighted by Gasteiger charge is -2.17. The highest BCUT2D eigenvalue weighted by Gasteiger charge is 2.21. The molecular formula is C16H33NO3. The molecule has 1 N–H and O–H groups in total. The van der Waals surface area contributed by atoms with E-state index in [-0.39, 0.29) is 0 Å². The van der Waals surface area contributed by atoms with Gasteiger partial charge in [-0.25, -0.2) is 0 Å². The summed E-state index contributed by atoms with van der Waals surface area (Å²) in [6.45, 7) is 9.79. The Morgan fingerprint density at radius 3 is 2.15 bits per heavy atom. The van der Waals surface area contributed by atoms with Crippen molar-refractivity contribution in [2.24, 2.45) is 5.92 Å². The summed E-state index contributed by atoms with van der Waals surface area (Å²) < 4.78 is 16.4. The largest absolute Gasteiger partial charge is 0.379 e. The molecule has 0 radical (unpaired) electrons. The zero-order valence-corrected chi connectivity index (χ0v) is 13.4. The maximum atomic E-state index is 5.55. The predicted molar refractivity (Wildman–Crippen MR) is 82.2 cm³/mol. The van der Waals surface area contributed by atoms with E-state index < -0.39 is 0 Å². The maximum Gasteiger partial charge on any atom is 0.0701 e. The Labute approximate surface area is 124 Å². The topological polar surface area (TPSA) is 39.7 Å². The first-order chi connectivity index (χ1) is 9.84. The molecule has 1 aliphatic rings. The van der Waals surface area contributed by atoms with E-state index in [0.29, 0.717) is 32.5 Å². The zero-order valence-electron chi connectivity index (χ0n) is 13.4. The third-order valence-corrected chi connectivity index (χ3v) is 3.90. The number of unbranched alkanes of at least 4 members (excludes halogenated alkanes) is 1. The number of hydrogen-bond acceptors (Lipinski definition) is 4. The van der Waals surface area contributed by atoms with Crippen molar-refractivity contribution in [2.75, 3.05) is 46.2 Å². The standard InChI is InChI=1S/C16H33NO3/c1-3-4-9-18-11-13-20-14-12-19-10-8-17-16-7-5-6-15(16)2/h15-17H,3-14H2,1-2H3. The van der Waals surface area contributed by atoms with Gasteiger partial charge in [-0.15, -0.1) is 0 Å². The second-order valence-corrected chi connectivity index (χ2v) is 5.66. The van der Waals surface area contributed by atoms with E-state index >= 15 is 0 Å². The van der Waals surface area contributed by atoms with Gasteiger partial charge in [0.2, 0.25) is 0 Å². The highest BCUT2D eigenvalue weighted by Crippen LogP contribution is 2.24. The van der Waals surface area contributed by atoms with Crippen LogP contribution in [-0.4, -0.2) is 52.2 Å². The summed E-state index contributed by atoms with van der Waals surface area (Å²) in [6.07, 6.45) is 6.38. The summed E-state index contributed by atoms with van der Waals surface area (Å²) in [5.41, 5.74) is 0. The lowest BCUT2D eigenvalue weighted by Crippen LogP contribution is -2.33. The van der Waals surface area contributed by atoms with Gasteiger partial charge in [0.25, 0.3) is 0 Å². The van der Waals surface area contributed by atoms with E-state index in [1.807, 2.05) is 0 Å². The summed E-state index contributed by atoms with van der Waals surface area (Å²) in [7, 11) is 0. The summed E-state index contributed by atoms with van der Waals surface area (Å²) >= 11 is 0. The quantitative estimate of drug-likeness (QED) is 0.529. The molecule has 1 fully saturated rings. The van der Waals surface area contributed by atoms with E-state index in [9.17, 15) is 0 Å². The SMILES string of the molecule is CCCCOCCOCCOCCNC1CCCC1C. The van der Waals surface area contributed by atoms with Crippen LogP contribution in [0, 0.1) is 5.92 Å². The first-order valence-electron chi connectivity index (χ1n) is 8.31. The molecule has 1 aliphatic carbocycles. The van der Waals surface area contributed by atoms with Crippen LogP contribution in [0.2, 0.25) is 0 Å². The summed E-state index contributed by atoms with van der Waals surface area (Å²) in [5.74, 6) is 0.825. The Morgan fingerprint density at radius 1 is 0.900 bits per heavy atom. The maximum absolute atomic E-state index is 5.55. The zero-order chi connectivity index (χ0) is 14.5. The molecule has 0 aromatic rings. The minimum Gasteiger partial charge on any atom is -0.379 e. The molecule has 0 aliphatic heterocycles. The van der Waals surface area contributed by atoms with Crippen molar-refractivity contribution in [3.63, 3.8) is 0 Å². The highest BCUT2D eigenvalue weighted by atomic mass is 16.5. The lowest BCUT2D eigenvalue weighted by atomic mass is 10.1. The van der Waals surface area contributed by atoms with Gasteiger partial charge < -0.3 is 19.5 Å². The van der Waals surface area contributed by atoms with Crippen molar-refractivity contribution in [1.29, 1.82) is 0 Å². The van der Waals surface area contributed by atoms with Crippen LogP contribution < -0.4 is 5.32 Å². The van der Waals surface area contributed by atoms with Crippen LogP contribution in [0.4, 0.5) is 0 Å². The van der Waals surface area contributed by atoms with Gasteiger partial charge in [0, 0.05) is 19.2 Å². The average Bonchev–Trinajstić information content (AvgIpc) is 2.85. The molecule has 1 rings (SSSR count). The van der Waals surface area contributed by atoms with Gasteiger partial charge in [0.05, 0.1) is 33.0 Å². The van der Waals surface area contributed by atoms with Gasteiger partial charge in [0.15, 0.2) is 0 Å². The monoisotopic (exact) mass is 287 g/mol. The molecule has 0 heterocycles. The van der Waals surface area contributed by atoms with Crippen LogP contribution in [0.15, 0.2) is 0 Å². The Kier molecular flexibility index (Phi) is 11.2.